The van der Waals surface area contributed by atoms with Gasteiger partial charge in [0.25, 0.3) is 0 Å². The van der Waals surface area contributed by atoms with Crippen LogP contribution in [0, 0.1) is 28.6 Å². The lowest BCUT2D eigenvalue weighted by Gasteiger charge is -2.58. The number of rotatable bonds is 9. The minimum atomic E-state index is -1.56. The number of aliphatic hydroxyl groups is 1. The maximum atomic E-state index is 13.4. The molecule has 0 aromatic heterocycles. The van der Waals surface area contributed by atoms with Gasteiger partial charge in [-0.3, -0.25) is 19.2 Å². The van der Waals surface area contributed by atoms with Gasteiger partial charge in [0.2, 0.25) is 11.7 Å². The molecule has 0 spiro atoms. The standard InChI is InChI=1S/C33H41NO8/c1-31-14-11-23(35)17-22(31)7-8-24-25(31)12-15-32(2)26(24)13-16-33(32,41)27(36)19-42-29(38)10-9-28(37)34-18-20-3-5-21(6-4-20)30(39)40/h3-6,17,24-26,41H,7-16,18-19H2,1-2H3,(H,34,37)(H,39,40)/p-1/t24-,25+,26-,31+,32-,33+/m0/s1. The zero-order chi connectivity index (χ0) is 30.3. The molecule has 226 valence electrons. The minimum absolute atomic E-state index is 0.00733. The van der Waals surface area contributed by atoms with E-state index in [1.807, 2.05) is 13.0 Å². The van der Waals surface area contributed by atoms with Crippen LogP contribution in [-0.2, 0) is 30.5 Å². The highest BCUT2D eigenvalue weighted by Gasteiger charge is 2.66. The van der Waals surface area contributed by atoms with E-state index in [1.165, 1.54) is 17.7 Å². The predicted octanol–water partition coefficient (Wildman–Crippen LogP) is 2.82. The maximum Gasteiger partial charge on any atom is 0.306 e. The van der Waals surface area contributed by atoms with Gasteiger partial charge in [0.05, 0.1) is 12.4 Å². The first-order valence-electron chi connectivity index (χ1n) is 15.1. The molecular formula is C33H40NO8-. The van der Waals surface area contributed by atoms with Crippen molar-refractivity contribution in [1.29, 1.82) is 0 Å². The van der Waals surface area contributed by atoms with E-state index in [4.69, 9.17) is 4.74 Å². The molecule has 1 amide bonds. The highest BCUT2D eigenvalue weighted by Crippen LogP contribution is 2.67. The minimum Gasteiger partial charge on any atom is -0.545 e. The van der Waals surface area contributed by atoms with Crippen LogP contribution in [0.3, 0.4) is 0 Å². The van der Waals surface area contributed by atoms with E-state index in [1.54, 1.807) is 12.1 Å². The summed E-state index contributed by atoms with van der Waals surface area (Å²) in [4.78, 5) is 60.9. The van der Waals surface area contributed by atoms with E-state index in [2.05, 4.69) is 12.2 Å². The highest BCUT2D eigenvalue weighted by molar-refractivity contribution is 5.92. The molecule has 3 fully saturated rings. The lowest BCUT2D eigenvalue weighted by atomic mass is 9.46. The first kappa shape index (κ1) is 30.1. The summed E-state index contributed by atoms with van der Waals surface area (Å²) in [7, 11) is 0. The molecule has 0 unspecified atom stereocenters. The van der Waals surface area contributed by atoms with Crippen LogP contribution in [0.4, 0.5) is 0 Å². The van der Waals surface area contributed by atoms with E-state index >= 15 is 0 Å². The molecule has 42 heavy (non-hydrogen) atoms. The van der Waals surface area contributed by atoms with Crippen molar-refractivity contribution < 1.29 is 38.9 Å². The molecule has 0 radical (unpaired) electrons. The molecule has 1 aromatic rings. The Labute approximate surface area is 246 Å². The van der Waals surface area contributed by atoms with Crippen LogP contribution in [0.5, 0.6) is 0 Å². The Bertz CT molecular complexity index is 1320. The fourth-order valence-electron chi connectivity index (χ4n) is 8.63. The van der Waals surface area contributed by atoms with Crippen LogP contribution >= 0.6 is 0 Å². The van der Waals surface area contributed by atoms with Crippen molar-refractivity contribution >= 4 is 29.4 Å². The van der Waals surface area contributed by atoms with Crippen molar-refractivity contribution in [3.8, 4) is 0 Å². The van der Waals surface area contributed by atoms with Crippen LogP contribution in [0.25, 0.3) is 0 Å². The normalized spacial score (nSPS) is 33.5. The van der Waals surface area contributed by atoms with Gasteiger partial charge in [0.15, 0.2) is 12.4 Å². The zero-order valence-electron chi connectivity index (χ0n) is 24.4. The summed E-state index contributed by atoms with van der Waals surface area (Å²) in [6.45, 7) is 3.97. The van der Waals surface area contributed by atoms with Gasteiger partial charge in [0.1, 0.15) is 5.60 Å². The van der Waals surface area contributed by atoms with Crippen LogP contribution < -0.4 is 10.4 Å². The van der Waals surface area contributed by atoms with Crippen LogP contribution in [0.2, 0.25) is 0 Å². The quantitative estimate of drug-likeness (QED) is 0.425. The number of benzene rings is 1. The second-order valence-electron chi connectivity index (χ2n) is 13.2. The molecule has 0 heterocycles. The lowest BCUT2D eigenvalue weighted by molar-refractivity contribution is -0.255. The molecule has 0 saturated heterocycles. The fraction of sp³-hybridized carbons (Fsp3) is 0.606. The van der Waals surface area contributed by atoms with Crippen molar-refractivity contribution in [2.75, 3.05) is 6.61 Å². The molecule has 2 N–H and O–H groups in total. The van der Waals surface area contributed by atoms with Gasteiger partial charge in [-0.25, -0.2) is 0 Å². The average Bonchev–Trinajstić information content (AvgIpc) is 3.25. The highest BCUT2D eigenvalue weighted by atomic mass is 16.5. The molecular weight excluding hydrogens is 538 g/mol. The number of carboxylic acid groups (broad SMARTS) is 1. The number of ether oxygens (including phenoxy) is 1. The number of Topliss-reactive ketones (excluding diaryl/α,β-unsaturated/α-hetero) is 1. The monoisotopic (exact) mass is 578 g/mol. The van der Waals surface area contributed by atoms with Gasteiger partial charge < -0.3 is 25.1 Å². The van der Waals surface area contributed by atoms with Gasteiger partial charge in [-0.05, 0) is 85.3 Å². The molecule has 0 bridgehead atoms. The van der Waals surface area contributed by atoms with E-state index in [0.717, 1.165) is 32.1 Å². The molecule has 1 aromatic carbocycles. The largest absolute Gasteiger partial charge is 0.545 e. The average molecular weight is 579 g/mol. The fourth-order valence-corrected chi connectivity index (χ4v) is 8.63. The molecule has 5 rings (SSSR count). The molecule has 6 atom stereocenters. The van der Waals surface area contributed by atoms with Crippen molar-refractivity contribution in [2.24, 2.45) is 28.6 Å². The van der Waals surface area contributed by atoms with Crippen molar-refractivity contribution in [3.05, 3.63) is 47.0 Å². The maximum absolute atomic E-state index is 13.4. The Kier molecular flexibility index (Phi) is 8.18. The second kappa shape index (κ2) is 11.4. The third kappa shape index (κ3) is 5.32. The number of allylic oxidation sites excluding steroid dienone is 1. The van der Waals surface area contributed by atoms with E-state index < -0.39 is 35.3 Å². The first-order valence-corrected chi connectivity index (χ1v) is 15.1. The second-order valence-corrected chi connectivity index (χ2v) is 13.2. The van der Waals surface area contributed by atoms with Crippen molar-refractivity contribution in [1.82, 2.24) is 5.32 Å². The molecule has 9 heteroatoms. The third-order valence-corrected chi connectivity index (χ3v) is 11.2. The number of hydrogen-bond donors (Lipinski definition) is 2. The number of carbonyl (C=O) groups excluding carboxylic acids is 5. The Morgan fingerprint density at radius 1 is 0.976 bits per heavy atom. The van der Waals surface area contributed by atoms with E-state index in [0.29, 0.717) is 36.7 Å². The molecule has 0 aliphatic heterocycles. The number of hydrogen-bond acceptors (Lipinski definition) is 8. The number of fused-ring (bicyclic) bond motifs is 5. The first-order chi connectivity index (χ1) is 19.9. The Hall–Kier alpha value is -3.33. The molecule has 4 aliphatic rings. The smallest absolute Gasteiger partial charge is 0.306 e. The number of esters is 1. The Morgan fingerprint density at radius 3 is 2.40 bits per heavy atom. The Morgan fingerprint density at radius 2 is 1.69 bits per heavy atom. The van der Waals surface area contributed by atoms with Gasteiger partial charge in [-0.15, -0.1) is 0 Å². The number of aromatic carboxylic acids is 1. The Balaban J connectivity index is 1.11. The van der Waals surface area contributed by atoms with Gasteiger partial charge in [-0.2, -0.15) is 0 Å². The van der Waals surface area contributed by atoms with Gasteiger partial charge >= 0.3 is 5.97 Å². The zero-order valence-corrected chi connectivity index (χ0v) is 24.4. The lowest BCUT2D eigenvalue weighted by Crippen LogP contribution is -2.58. The SMILES string of the molecule is C[C@]12CC[C@@H]3[C@H](CCC4=CC(=O)CC[C@]43C)[C@@H]1CC[C@@]2(O)C(=O)COC(=O)CCC(=O)NCc1ccc(C(=O)[O-])cc1. The summed E-state index contributed by atoms with van der Waals surface area (Å²) in [5.41, 5.74) is -0.140. The van der Waals surface area contributed by atoms with Crippen LogP contribution in [0.15, 0.2) is 35.9 Å². The van der Waals surface area contributed by atoms with Crippen molar-refractivity contribution in [3.63, 3.8) is 0 Å². The number of amides is 1. The summed E-state index contributed by atoms with van der Waals surface area (Å²) >= 11 is 0. The summed E-state index contributed by atoms with van der Waals surface area (Å²) in [6.07, 6.45) is 7.55. The van der Waals surface area contributed by atoms with E-state index in [-0.39, 0.29) is 48.0 Å². The number of ketones is 2. The molecule has 4 aliphatic carbocycles. The van der Waals surface area contributed by atoms with E-state index in [9.17, 15) is 34.2 Å². The topological polar surface area (TPSA) is 150 Å². The summed E-state index contributed by atoms with van der Waals surface area (Å²) in [6, 6.07) is 5.91. The summed E-state index contributed by atoms with van der Waals surface area (Å²) in [5.74, 6) is -1.59. The summed E-state index contributed by atoms with van der Waals surface area (Å²) in [5, 5.41) is 25.3. The number of carbonyl (C=O) groups is 5. The van der Waals surface area contributed by atoms with Crippen molar-refractivity contribution in [2.45, 2.75) is 90.2 Å². The van der Waals surface area contributed by atoms with Crippen LogP contribution in [0.1, 0.15) is 94.0 Å². The van der Waals surface area contributed by atoms with Gasteiger partial charge in [-0.1, -0.05) is 43.7 Å². The third-order valence-electron chi connectivity index (χ3n) is 11.2. The molecule has 3 saturated carbocycles. The summed E-state index contributed by atoms with van der Waals surface area (Å²) < 4.78 is 5.23. The number of carboxylic acids is 1. The number of nitrogens with one attached hydrogen (secondary N) is 1. The predicted molar refractivity (Wildman–Crippen MR) is 149 cm³/mol. The molecule has 9 nitrogen and oxygen atoms in total. The van der Waals surface area contributed by atoms with Crippen LogP contribution in [-0.4, -0.2) is 46.7 Å². The van der Waals surface area contributed by atoms with Gasteiger partial charge in [0, 0.05) is 24.8 Å².